The van der Waals surface area contributed by atoms with Crippen molar-refractivity contribution >= 4 is 17.2 Å². The summed E-state index contributed by atoms with van der Waals surface area (Å²) in [7, 11) is 0. The molecule has 2 heterocycles. The van der Waals surface area contributed by atoms with Crippen LogP contribution in [0.15, 0.2) is 48.5 Å². The highest BCUT2D eigenvalue weighted by Crippen LogP contribution is 2.29. The summed E-state index contributed by atoms with van der Waals surface area (Å²) in [6.45, 7) is 7.21. The molecule has 1 aromatic heterocycles. The fraction of sp³-hybridized carbons (Fsp3) is 0.360. The average Bonchev–Trinajstić information content (AvgIpc) is 3.15. The number of benzene rings is 2. The monoisotopic (exact) mass is 453 g/mol. The van der Waals surface area contributed by atoms with Gasteiger partial charge in [-0.3, -0.25) is 9.69 Å². The van der Waals surface area contributed by atoms with E-state index < -0.39 is 0 Å². The third kappa shape index (κ3) is 5.59. The molecule has 0 aliphatic carbocycles. The maximum absolute atomic E-state index is 13.9. The van der Waals surface area contributed by atoms with E-state index in [1.165, 1.54) is 11.6 Å². The maximum Gasteiger partial charge on any atom is 0.225 e. The summed E-state index contributed by atoms with van der Waals surface area (Å²) in [5, 5.41) is 4.02. The smallest absolute Gasteiger partial charge is 0.225 e. The average molecular weight is 454 g/mol. The molecule has 168 valence electrons. The second-order valence-corrected chi connectivity index (χ2v) is 9.36. The Morgan fingerprint density at radius 2 is 1.94 bits per heavy atom. The number of halogens is 1. The Labute approximate surface area is 192 Å². The Morgan fingerprint density at radius 1 is 1.19 bits per heavy atom. The maximum atomic E-state index is 13.9. The van der Waals surface area contributed by atoms with Crippen LogP contribution in [0, 0.1) is 19.7 Å². The highest BCUT2D eigenvalue weighted by molar-refractivity contribution is 7.12. The molecule has 3 aromatic rings. The predicted molar refractivity (Wildman–Crippen MR) is 125 cm³/mol. The molecule has 0 spiro atoms. The van der Waals surface area contributed by atoms with E-state index in [1.807, 2.05) is 32.0 Å². The minimum atomic E-state index is -0.269. The Morgan fingerprint density at radius 3 is 2.66 bits per heavy atom. The number of aryl methyl sites for hydroxylation is 2. The zero-order valence-electron chi connectivity index (χ0n) is 18.4. The number of hydrogen-bond acceptors (Lipinski definition) is 5. The molecule has 0 saturated carbocycles. The summed E-state index contributed by atoms with van der Waals surface area (Å²) in [5.41, 5.74) is 3.94. The van der Waals surface area contributed by atoms with Crippen LogP contribution in [0.1, 0.15) is 27.1 Å². The van der Waals surface area contributed by atoms with Gasteiger partial charge in [0.2, 0.25) is 5.91 Å². The zero-order valence-corrected chi connectivity index (χ0v) is 19.3. The van der Waals surface area contributed by atoms with Gasteiger partial charge < -0.3 is 10.1 Å². The van der Waals surface area contributed by atoms with Gasteiger partial charge in [0.05, 0.1) is 36.4 Å². The molecule has 1 N–H and O–H groups in total. The van der Waals surface area contributed by atoms with Crippen LogP contribution in [0.5, 0.6) is 0 Å². The number of amides is 1. The van der Waals surface area contributed by atoms with E-state index in [1.54, 1.807) is 23.5 Å². The molecule has 1 aliphatic heterocycles. The molecule has 5 nitrogen and oxygen atoms in total. The second-order valence-electron chi connectivity index (χ2n) is 8.07. The number of nitrogens with zero attached hydrogens (tertiary/aromatic N) is 2. The number of thiazole rings is 1. The normalized spacial score (nSPS) is 15.5. The number of nitrogens with one attached hydrogen (secondary N) is 1. The molecule has 1 saturated heterocycles. The van der Waals surface area contributed by atoms with Crippen LogP contribution in [-0.2, 0) is 16.0 Å². The van der Waals surface area contributed by atoms with Crippen LogP contribution in [0.25, 0.3) is 11.3 Å². The van der Waals surface area contributed by atoms with E-state index in [0.29, 0.717) is 19.8 Å². The van der Waals surface area contributed by atoms with Gasteiger partial charge in [0.25, 0.3) is 0 Å². The van der Waals surface area contributed by atoms with Gasteiger partial charge in [0.1, 0.15) is 5.82 Å². The first-order valence-corrected chi connectivity index (χ1v) is 11.7. The molecule has 0 radical (unpaired) electrons. The standard InChI is InChI=1S/C25H28FN3O2S/c1-17-6-8-19(9-7-17)25-23(32-18(2)28-25)15-24(30)27-16-22(29-10-12-31-13-11-29)20-4-3-5-21(26)14-20/h3-9,14,22H,10-13,15-16H2,1-2H3,(H,27,30). The molecule has 7 heteroatoms. The largest absolute Gasteiger partial charge is 0.379 e. The third-order valence-corrected chi connectivity index (χ3v) is 6.63. The van der Waals surface area contributed by atoms with Crippen LogP contribution >= 0.6 is 11.3 Å². The number of carbonyl (C=O) groups is 1. The summed E-state index contributed by atoms with van der Waals surface area (Å²) in [6, 6.07) is 14.7. The molecule has 1 aliphatic rings. The first-order valence-electron chi connectivity index (χ1n) is 10.9. The van der Waals surface area contributed by atoms with Gasteiger partial charge in [-0.1, -0.05) is 42.0 Å². The van der Waals surface area contributed by atoms with Gasteiger partial charge in [-0.25, -0.2) is 9.37 Å². The number of carbonyl (C=O) groups excluding carboxylic acids is 1. The van der Waals surface area contributed by atoms with E-state index in [4.69, 9.17) is 4.74 Å². The first-order chi connectivity index (χ1) is 15.5. The summed E-state index contributed by atoms with van der Waals surface area (Å²) in [5.74, 6) is -0.327. The second kappa shape index (κ2) is 10.3. The van der Waals surface area contributed by atoms with Crippen molar-refractivity contribution in [1.29, 1.82) is 0 Å². The van der Waals surface area contributed by atoms with Crippen molar-refractivity contribution in [3.63, 3.8) is 0 Å². The molecule has 4 rings (SSSR count). The van der Waals surface area contributed by atoms with Crippen molar-refractivity contribution in [3.8, 4) is 11.3 Å². The molecule has 32 heavy (non-hydrogen) atoms. The van der Waals surface area contributed by atoms with Crippen LogP contribution in [0.3, 0.4) is 0 Å². The van der Waals surface area contributed by atoms with Crippen LogP contribution in [0.2, 0.25) is 0 Å². The highest BCUT2D eigenvalue weighted by Gasteiger charge is 2.24. The van der Waals surface area contributed by atoms with Crippen LogP contribution in [0.4, 0.5) is 4.39 Å². The number of ether oxygens (including phenoxy) is 1. The molecule has 2 aromatic carbocycles. The van der Waals surface area contributed by atoms with Gasteiger partial charge in [0.15, 0.2) is 0 Å². The lowest BCUT2D eigenvalue weighted by Gasteiger charge is -2.35. The van der Waals surface area contributed by atoms with Crippen molar-refractivity contribution in [3.05, 3.63) is 75.4 Å². The van der Waals surface area contributed by atoms with E-state index in [0.717, 1.165) is 39.8 Å². The zero-order chi connectivity index (χ0) is 22.5. The van der Waals surface area contributed by atoms with Crippen molar-refractivity contribution < 1.29 is 13.9 Å². The Kier molecular flexibility index (Phi) is 7.29. The molecular weight excluding hydrogens is 425 g/mol. The summed E-state index contributed by atoms with van der Waals surface area (Å²) in [6.07, 6.45) is 0.272. The van der Waals surface area contributed by atoms with Gasteiger partial charge in [0, 0.05) is 30.1 Å². The fourth-order valence-corrected chi connectivity index (χ4v) is 4.96. The lowest BCUT2D eigenvalue weighted by atomic mass is 10.0. The minimum absolute atomic E-state index is 0.0586. The summed E-state index contributed by atoms with van der Waals surface area (Å²) in [4.78, 5) is 20.8. The lowest BCUT2D eigenvalue weighted by molar-refractivity contribution is -0.120. The molecule has 0 bridgehead atoms. The molecular formula is C25H28FN3O2S. The number of hydrogen-bond donors (Lipinski definition) is 1. The number of morpholine rings is 1. The van der Waals surface area contributed by atoms with E-state index in [9.17, 15) is 9.18 Å². The van der Waals surface area contributed by atoms with Crippen molar-refractivity contribution in [2.45, 2.75) is 26.3 Å². The first kappa shape index (κ1) is 22.6. The fourth-order valence-electron chi connectivity index (χ4n) is 4.01. The SMILES string of the molecule is Cc1ccc(-c2nc(C)sc2CC(=O)NCC(c2cccc(F)c2)N2CCOCC2)cc1. The lowest BCUT2D eigenvalue weighted by Crippen LogP contribution is -2.44. The molecule has 1 unspecified atom stereocenters. The predicted octanol–water partition coefficient (Wildman–Crippen LogP) is 4.30. The van der Waals surface area contributed by atoms with E-state index in [2.05, 4.69) is 27.3 Å². The number of aromatic nitrogens is 1. The Bertz CT molecular complexity index is 1060. The quantitative estimate of drug-likeness (QED) is 0.580. The van der Waals surface area contributed by atoms with Crippen LogP contribution in [-0.4, -0.2) is 48.6 Å². The van der Waals surface area contributed by atoms with Gasteiger partial charge in [-0.2, -0.15) is 0 Å². The van der Waals surface area contributed by atoms with Crippen molar-refractivity contribution in [2.75, 3.05) is 32.8 Å². The van der Waals surface area contributed by atoms with Gasteiger partial charge >= 0.3 is 0 Å². The number of rotatable bonds is 7. The van der Waals surface area contributed by atoms with Gasteiger partial charge in [-0.05, 0) is 31.5 Å². The molecule has 1 fully saturated rings. The Balaban J connectivity index is 1.46. The molecule has 1 amide bonds. The van der Waals surface area contributed by atoms with Crippen molar-refractivity contribution in [2.24, 2.45) is 0 Å². The van der Waals surface area contributed by atoms with E-state index in [-0.39, 0.29) is 24.2 Å². The minimum Gasteiger partial charge on any atom is -0.379 e. The van der Waals surface area contributed by atoms with E-state index >= 15 is 0 Å². The van der Waals surface area contributed by atoms with Crippen molar-refractivity contribution in [1.82, 2.24) is 15.2 Å². The topological polar surface area (TPSA) is 54.5 Å². The Hall–Kier alpha value is -2.61. The summed E-state index contributed by atoms with van der Waals surface area (Å²) >= 11 is 1.55. The highest BCUT2D eigenvalue weighted by atomic mass is 32.1. The van der Waals surface area contributed by atoms with Crippen LogP contribution < -0.4 is 5.32 Å². The van der Waals surface area contributed by atoms with Gasteiger partial charge in [-0.15, -0.1) is 11.3 Å². The summed E-state index contributed by atoms with van der Waals surface area (Å²) < 4.78 is 19.3. The molecule has 1 atom stereocenters. The third-order valence-electron chi connectivity index (χ3n) is 5.66.